The molecule has 0 aliphatic carbocycles. The number of nitrogens with one attached hydrogen (secondary N) is 1. The highest BCUT2D eigenvalue weighted by molar-refractivity contribution is 5.60. The van der Waals surface area contributed by atoms with Crippen molar-refractivity contribution in [3.05, 3.63) is 41.2 Å². The lowest BCUT2D eigenvalue weighted by molar-refractivity contribution is -0.115. The number of hydrogen-bond donors (Lipinski definition) is 2. The number of carbonyl (C=O) groups is 1. The summed E-state index contributed by atoms with van der Waals surface area (Å²) < 4.78 is 26.1. The van der Waals surface area contributed by atoms with Crippen molar-refractivity contribution in [1.29, 1.82) is 10.5 Å². The van der Waals surface area contributed by atoms with Crippen molar-refractivity contribution in [3.8, 4) is 12.1 Å². The summed E-state index contributed by atoms with van der Waals surface area (Å²) in [5.41, 5.74) is 6.14. The molecule has 1 amide bonds. The number of benzene rings is 1. The maximum Gasteiger partial charge on any atom is 0.233 e. The summed E-state index contributed by atoms with van der Waals surface area (Å²) >= 11 is 0. The van der Waals surface area contributed by atoms with Crippen molar-refractivity contribution in [2.75, 3.05) is 5.43 Å². The van der Waals surface area contributed by atoms with Gasteiger partial charge in [-0.05, 0) is 12.1 Å². The first-order valence-electron chi connectivity index (χ1n) is 4.79. The van der Waals surface area contributed by atoms with Gasteiger partial charge in [-0.15, -0.1) is 0 Å². The zero-order chi connectivity index (χ0) is 14.4. The molecule has 0 spiro atoms. The van der Waals surface area contributed by atoms with Crippen LogP contribution in [0, 0.1) is 34.3 Å². The quantitative estimate of drug-likeness (QED) is 0.478. The van der Waals surface area contributed by atoms with E-state index in [4.69, 9.17) is 16.3 Å². The third-order valence-electron chi connectivity index (χ3n) is 2.00. The van der Waals surface area contributed by atoms with E-state index in [9.17, 15) is 13.6 Å². The Bertz CT molecular complexity index is 614. The summed E-state index contributed by atoms with van der Waals surface area (Å²) in [5, 5.41) is 17.9. The van der Waals surface area contributed by atoms with Gasteiger partial charge in [0, 0.05) is 6.07 Å². The molecule has 0 aliphatic rings. The fourth-order valence-corrected chi connectivity index (χ4v) is 1.14. The van der Waals surface area contributed by atoms with Gasteiger partial charge in [0.2, 0.25) is 6.41 Å². The molecule has 0 radical (unpaired) electrons. The van der Waals surface area contributed by atoms with Crippen molar-refractivity contribution in [1.82, 2.24) is 5.01 Å². The van der Waals surface area contributed by atoms with Gasteiger partial charge in [-0.1, -0.05) is 0 Å². The molecule has 6 nitrogen and oxygen atoms in total. The van der Waals surface area contributed by atoms with Gasteiger partial charge in [0.05, 0.1) is 5.69 Å². The molecule has 0 atom stereocenters. The average molecular weight is 263 g/mol. The Balaban J connectivity index is 3.11. The molecule has 96 valence electrons. The van der Waals surface area contributed by atoms with Crippen LogP contribution in [0.4, 0.5) is 14.5 Å². The predicted molar refractivity (Wildman–Crippen MR) is 60.3 cm³/mol. The molecular formula is C11H7F2N5O. The van der Waals surface area contributed by atoms with Crippen LogP contribution < -0.4 is 11.2 Å². The van der Waals surface area contributed by atoms with Gasteiger partial charge in [-0.3, -0.25) is 10.2 Å². The van der Waals surface area contributed by atoms with Crippen LogP contribution in [0.15, 0.2) is 29.6 Å². The molecule has 0 fully saturated rings. The normalized spacial score (nSPS) is 10.7. The summed E-state index contributed by atoms with van der Waals surface area (Å²) in [6.07, 6.45) is 0.131. The molecule has 1 rings (SSSR count). The maximum atomic E-state index is 13.4. The van der Waals surface area contributed by atoms with E-state index in [1.165, 1.54) is 12.1 Å². The van der Waals surface area contributed by atoms with Gasteiger partial charge in [0.15, 0.2) is 11.5 Å². The van der Waals surface area contributed by atoms with Crippen LogP contribution in [0.3, 0.4) is 0 Å². The van der Waals surface area contributed by atoms with E-state index in [1.807, 2.05) is 0 Å². The van der Waals surface area contributed by atoms with E-state index in [0.717, 1.165) is 12.1 Å². The molecule has 0 aliphatic heterocycles. The monoisotopic (exact) mass is 263 g/mol. The molecule has 0 aromatic heterocycles. The summed E-state index contributed by atoms with van der Waals surface area (Å²) in [5.74, 6) is -1.77. The Hall–Kier alpha value is -3.13. The fraction of sp³-hybridized carbons (Fsp3) is 0. The number of allylic oxidation sites excluding steroid dienone is 2. The van der Waals surface area contributed by atoms with E-state index in [1.54, 1.807) is 0 Å². The average Bonchev–Trinajstić information content (AvgIpc) is 2.40. The summed E-state index contributed by atoms with van der Waals surface area (Å²) in [4.78, 5) is 10.8. The Morgan fingerprint density at radius 3 is 2.53 bits per heavy atom. The summed E-state index contributed by atoms with van der Waals surface area (Å²) in [6.45, 7) is 0. The molecule has 0 saturated heterocycles. The third-order valence-corrected chi connectivity index (χ3v) is 2.00. The third kappa shape index (κ3) is 3.17. The lowest BCUT2D eigenvalue weighted by atomic mass is 10.3. The van der Waals surface area contributed by atoms with Gasteiger partial charge in [0.25, 0.3) is 0 Å². The predicted octanol–water partition coefficient (Wildman–Crippen LogP) is 0.968. The van der Waals surface area contributed by atoms with Crippen LogP contribution in [0.25, 0.3) is 0 Å². The van der Waals surface area contributed by atoms with Crippen molar-refractivity contribution < 1.29 is 13.6 Å². The standard InChI is InChI=1S/C11H7F2N5O/c12-7-1-2-10(8(13)3-7)17-18(6-19)11(5-15)9(16)4-14/h1-3,6,17H,16H2/b11-9-. The van der Waals surface area contributed by atoms with Gasteiger partial charge in [-0.25, -0.2) is 13.8 Å². The van der Waals surface area contributed by atoms with Crippen molar-refractivity contribution in [3.63, 3.8) is 0 Å². The van der Waals surface area contributed by atoms with Gasteiger partial charge in [-0.2, -0.15) is 10.5 Å². The van der Waals surface area contributed by atoms with Gasteiger partial charge >= 0.3 is 0 Å². The number of rotatable bonds is 4. The van der Waals surface area contributed by atoms with E-state index in [0.29, 0.717) is 11.1 Å². The van der Waals surface area contributed by atoms with Crippen LogP contribution in [-0.4, -0.2) is 11.4 Å². The second-order valence-electron chi connectivity index (χ2n) is 3.20. The van der Waals surface area contributed by atoms with Crippen LogP contribution >= 0.6 is 0 Å². The lowest BCUT2D eigenvalue weighted by Gasteiger charge is -2.18. The second kappa shape index (κ2) is 5.98. The van der Waals surface area contributed by atoms with Crippen LogP contribution in [0.5, 0.6) is 0 Å². The smallest absolute Gasteiger partial charge is 0.233 e. The second-order valence-corrected chi connectivity index (χ2v) is 3.20. The molecule has 0 bridgehead atoms. The summed E-state index contributed by atoms with van der Waals surface area (Å²) in [6, 6.07) is 5.58. The minimum atomic E-state index is -0.973. The molecule has 1 aromatic rings. The number of nitrogens with zero attached hydrogens (tertiary/aromatic N) is 3. The minimum absolute atomic E-state index is 0.131. The number of hydrazine groups is 1. The Kier molecular flexibility index (Phi) is 4.39. The van der Waals surface area contributed by atoms with Gasteiger partial charge in [0.1, 0.15) is 23.7 Å². The van der Waals surface area contributed by atoms with Crippen LogP contribution in [0.1, 0.15) is 0 Å². The maximum absolute atomic E-state index is 13.4. The van der Waals surface area contributed by atoms with Crippen molar-refractivity contribution >= 4 is 12.1 Å². The molecule has 0 unspecified atom stereocenters. The number of amides is 1. The van der Waals surface area contributed by atoms with E-state index >= 15 is 0 Å². The molecule has 3 N–H and O–H groups in total. The highest BCUT2D eigenvalue weighted by Gasteiger charge is 2.14. The number of carbonyl (C=O) groups excluding carboxylic acids is 1. The molecule has 0 heterocycles. The minimum Gasteiger partial charge on any atom is -0.388 e. The number of nitrogens with two attached hydrogens (primary N) is 1. The topological polar surface area (TPSA) is 106 Å². The van der Waals surface area contributed by atoms with E-state index in [-0.39, 0.29) is 12.1 Å². The molecule has 0 saturated carbocycles. The lowest BCUT2D eigenvalue weighted by Crippen LogP contribution is -2.30. The Morgan fingerprint density at radius 2 is 2.05 bits per heavy atom. The number of anilines is 1. The van der Waals surface area contributed by atoms with Crippen LogP contribution in [0.2, 0.25) is 0 Å². The highest BCUT2D eigenvalue weighted by atomic mass is 19.1. The SMILES string of the molecule is N#C/C(N)=C(\C#N)N(C=O)Nc1ccc(F)cc1F. The number of hydrogen-bond acceptors (Lipinski definition) is 5. The van der Waals surface area contributed by atoms with Crippen molar-refractivity contribution in [2.45, 2.75) is 0 Å². The first-order chi connectivity index (χ1) is 9.03. The first-order valence-corrected chi connectivity index (χ1v) is 4.79. The first kappa shape index (κ1) is 13.9. The Labute approximate surface area is 106 Å². The molecular weight excluding hydrogens is 256 g/mol. The largest absolute Gasteiger partial charge is 0.388 e. The van der Waals surface area contributed by atoms with Gasteiger partial charge < -0.3 is 5.73 Å². The highest BCUT2D eigenvalue weighted by Crippen LogP contribution is 2.17. The molecule has 1 aromatic carbocycles. The zero-order valence-corrected chi connectivity index (χ0v) is 9.39. The Morgan fingerprint density at radius 1 is 1.37 bits per heavy atom. The van der Waals surface area contributed by atoms with E-state index in [2.05, 4.69) is 5.43 Å². The summed E-state index contributed by atoms with van der Waals surface area (Å²) in [7, 11) is 0. The van der Waals surface area contributed by atoms with Crippen molar-refractivity contribution in [2.24, 2.45) is 5.73 Å². The zero-order valence-electron chi connectivity index (χ0n) is 9.39. The number of halogens is 2. The fourth-order valence-electron chi connectivity index (χ4n) is 1.14. The number of nitriles is 2. The molecule has 8 heteroatoms. The molecule has 19 heavy (non-hydrogen) atoms. The van der Waals surface area contributed by atoms with E-state index < -0.39 is 23.0 Å². The van der Waals surface area contributed by atoms with Crippen LogP contribution in [-0.2, 0) is 4.79 Å².